The van der Waals surface area contributed by atoms with E-state index in [4.69, 9.17) is 20.9 Å². The second-order valence-corrected chi connectivity index (χ2v) is 4.91. The molecule has 118 valence electrons. The highest BCUT2D eigenvalue weighted by Crippen LogP contribution is 2.30. The summed E-state index contributed by atoms with van der Waals surface area (Å²) in [6.45, 7) is 0. The Morgan fingerprint density at radius 1 is 1.13 bits per heavy atom. The minimum Gasteiger partial charge on any atom is -0.506 e. The van der Waals surface area contributed by atoms with Gasteiger partial charge in [0.2, 0.25) is 11.8 Å². The number of fused-ring (bicyclic) bond motifs is 1. The standard InChI is InChI=1S/C14H8ClNO7/c15-8-3-6-7(4-13(20)22-10(6)5-9(8)17)14(21)23-16-11(18)1-2-12(16)19/h1-5,17-19H. The number of nitrogens with zero attached hydrogens (tertiary/aromatic N) is 1. The number of rotatable bonds is 2. The predicted octanol–water partition coefficient (Wildman–Crippen LogP) is 1.63. The van der Waals surface area contributed by atoms with Crippen LogP contribution >= 0.6 is 11.6 Å². The number of halogens is 1. The van der Waals surface area contributed by atoms with Crippen molar-refractivity contribution < 1.29 is 29.4 Å². The number of aromatic hydroxyl groups is 3. The van der Waals surface area contributed by atoms with Gasteiger partial charge in [0, 0.05) is 29.7 Å². The maximum absolute atomic E-state index is 12.2. The third-order valence-electron chi connectivity index (χ3n) is 3.00. The molecular weight excluding hydrogens is 330 g/mol. The van der Waals surface area contributed by atoms with Gasteiger partial charge in [-0.15, -0.1) is 4.73 Å². The van der Waals surface area contributed by atoms with Crippen molar-refractivity contribution in [1.29, 1.82) is 0 Å². The van der Waals surface area contributed by atoms with Gasteiger partial charge in [-0.05, 0) is 6.07 Å². The first-order valence-corrected chi connectivity index (χ1v) is 6.53. The van der Waals surface area contributed by atoms with E-state index in [9.17, 15) is 24.9 Å². The summed E-state index contributed by atoms with van der Waals surface area (Å²) in [7, 11) is 0. The summed E-state index contributed by atoms with van der Waals surface area (Å²) < 4.78 is 5.36. The molecule has 1 aromatic carbocycles. The van der Waals surface area contributed by atoms with Crippen LogP contribution in [0.2, 0.25) is 5.02 Å². The fourth-order valence-corrected chi connectivity index (χ4v) is 2.13. The molecule has 0 aliphatic carbocycles. The quantitative estimate of drug-likeness (QED) is 0.607. The van der Waals surface area contributed by atoms with Crippen LogP contribution in [0.25, 0.3) is 11.0 Å². The van der Waals surface area contributed by atoms with E-state index in [0.29, 0.717) is 4.73 Å². The summed E-state index contributed by atoms with van der Waals surface area (Å²) in [4.78, 5) is 28.6. The van der Waals surface area contributed by atoms with E-state index in [2.05, 4.69) is 0 Å². The number of carbonyl (C=O) groups is 1. The molecule has 0 fully saturated rings. The first kappa shape index (κ1) is 14.8. The Labute approximate surface area is 132 Å². The predicted molar refractivity (Wildman–Crippen MR) is 77.8 cm³/mol. The van der Waals surface area contributed by atoms with Crippen LogP contribution in [0.4, 0.5) is 0 Å². The van der Waals surface area contributed by atoms with E-state index in [1.165, 1.54) is 6.07 Å². The lowest BCUT2D eigenvalue weighted by atomic mass is 10.1. The van der Waals surface area contributed by atoms with Crippen molar-refractivity contribution in [3.63, 3.8) is 0 Å². The molecule has 0 unspecified atom stereocenters. The fourth-order valence-electron chi connectivity index (χ4n) is 1.97. The molecular formula is C14H8ClNO7. The first-order valence-electron chi connectivity index (χ1n) is 6.15. The van der Waals surface area contributed by atoms with Crippen LogP contribution in [0.1, 0.15) is 10.4 Å². The van der Waals surface area contributed by atoms with Gasteiger partial charge in [-0.1, -0.05) is 11.6 Å². The minimum atomic E-state index is -1.05. The lowest BCUT2D eigenvalue weighted by Gasteiger charge is -2.08. The van der Waals surface area contributed by atoms with Gasteiger partial charge in [-0.25, -0.2) is 9.59 Å². The van der Waals surface area contributed by atoms with Crippen LogP contribution in [-0.4, -0.2) is 26.0 Å². The normalized spacial score (nSPS) is 10.8. The summed E-state index contributed by atoms with van der Waals surface area (Å²) in [5.41, 5.74) is -1.15. The summed E-state index contributed by atoms with van der Waals surface area (Å²) in [6, 6.07) is 5.39. The van der Waals surface area contributed by atoms with Crippen molar-refractivity contribution in [2.45, 2.75) is 0 Å². The van der Waals surface area contributed by atoms with Gasteiger partial charge >= 0.3 is 11.6 Å². The largest absolute Gasteiger partial charge is 0.506 e. The molecule has 2 heterocycles. The smallest absolute Gasteiger partial charge is 0.364 e. The van der Waals surface area contributed by atoms with E-state index in [-0.39, 0.29) is 27.3 Å². The molecule has 9 heteroatoms. The Bertz CT molecular complexity index is 969. The second-order valence-electron chi connectivity index (χ2n) is 4.50. The van der Waals surface area contributed by atoms with E-state index >= 15 is 0 Å². The fraction of sp³-hybridized carbons (Fsp3) is 0. The number of phenolic OH excluding ortho intramolecular Hbond substituents is 1. The van der Waals surface area contributed by atoms with Gasteiger partial charge in [-0.2, -0.15) is 0 Å². The van der Waals surface area contributed by atoms with Gasteiger partial charge in [-0.3, -0.25) is 0 Å². The Hall–Kier alpha value is -3.13. The molecule has 23 heavy (non-hydrogen) atoms. The highest BCUT2D eigenvalue weighted by atomic mass is 35.5. The Balaban J connectivity index is 2.13. The molecule has 0 radical (unpaired) electrons. The molecule has 0 saturated heterocycles. The van der Waals surface area contributed by atoms with E-state index < -0.39 is 23.4 Å². The van der Waals surface area contributed by atoms with Crippen molar-refractivity contribution in [1.82, 2.24) is 4.73 Å². The van der Waals surface area contributed by atoms with Crippen LogP contribution < -0.4 is 10.5 Å². The average molecular weight is 338 g/mol. The Morgan fingerprint density at radius 3 is 2.43 bits per heavy atom. The van der Waals surface area contributed by atoms with Gasteiger partial charge in [0.15, 0.2) is 0 Å². The van der Waals surface area contributed by atoms with Gasteiger partial charge < -0.3 is 24.6 Å². The topological polar surface area (TPSA) is 122 Å². The molecule has 0 amide bonds. The summed E-state index contributed by atoms with van der Waals surface area (Å²) in [5, 5.41) is 28.5. The molecule has 0 atom stereocenters. The number of carbonyl (C=O) groups excluding carboxylic acids is 1. The van der Waals surface area contributed by atoms with Crippen LogP contribution in [0.5, 0.6) is 17.5 Å². The molecule has 3 N–H and O–H groups in total. The average Bonchev–Trinajstić information content (AvgIpc) is 2.80. The molecule has 2 aromatic heterocycles. The SMILES string of the molecule is O=C(On1c(O)ccc1O)c1cc(=O)oc2cc(O)c(Cl)cc12. The highest BCUT2D eigenvalue weighted by Gasteiger charge is 2.19. The van der Waals surface area contributed by atoms with Crippen LogP contribution in [0.3, 0.4) is 0 Å². The Morgan fingerprint density at radius 2 is 1.78 bits per heavy atom. The van der Waals surface area contributed by atoms with Crippen molar-refractivity contribution in [3.8, 4) is 17.5 Å². The summed E-state index contributed by atoms with van der Waals surface area (Å²) >= 11 is 5.79. The summed E-state index contributed by atoms with van der Waals surface area (Å²) in [5.74, 6) is -2.41. The monoisotopic (exact) mass is 337 g/mol. The number of benzene rings is 1. The molecule has 8 nitrogen and oxygen atoms in total. The van der Waals surface area contributed by atoms with Crippen molar-refractivity contribution >= 4 is 28.5 Å². The van der Waals surface area contributed by atoms with Crippen molar-refractivity contribution in [2.24, 2.45) is 0 Å². The highest BCUT2D eigenvalue weighted by molar-refractivity contribution is 6.33. The van der Waals surface area contributed by atoms with Crippen LogP contribution in [0, 0.1) is 0 Å². The maximum atomic E-state index is 12.2. The van der Waals surface area contributed by atoms with E-state index in [0.717, 1.165) is 24.3 Å². The van der Waals surface area contributed by atoms with Crippen molar-refractivity contribution in [2.75, 3.05) is 0 Å². The molecule has 0 spiro atoms. The second kappa shape index (κ2) is 5.25. The van der Waals surface area contributed by atoms with Gasteiger partial charge in [0.1, 0.15) is 11.3 Å². The van der Waals surface area contributed by atoms with Gasteiger partial charge in [0.25, 0.3) is 0 Å². The zero-order valence-corrected chi connectivity index (χ0v) is 11.9. The first-order chi connectivity index (χ1) is 10.9. The number of phenols is 1. The minimum absolute atomic E-state index is 0.0629. The molecule has 0 aliphatic rings. The maximum Gasteiger partial charge on any atom is 0.364 e. The zero-order valence-electron chi connectivity index (χ0n) is 11.2. The molecule has 3 rings (SSSR count). The molecule has 0 saturated carbocycles. The molecule has 0 aliphatic heterocycles. The zero-order chi connectivity index (χ0) is 16.7. The van der Waals surface area contributed by atoms with E-state index in [1.54, 1.807) is 0 Å². The van der Waals surface area contributed by atoms with E-state index in [1.807, 2.05) is 0 Å². The Kier molecular flexibility index (Phi) is 3.38. The summed E-state index contributed by atoms with van der Waals surface area (Å²) in [6.07, 6.45) is 0. The molecule has 3 aromatic rings. The van der Waals surface area contributed by atoms with Crippen LogP contribution in [0.15, 0.2) is 39.5 Å². The third-order valence-corrected chi connectivity index (χ3v) is 3.31. The third kappa shape index (κ3) is 2.55. The number of aromatic nitrogens is 1. The lowest BCUT2D eigenvalue weighted by Crippen LogP contribution is -2.20. The molecule has 0 bridgehead atoms. The van der Waals surface area contributed by atoms with Gasteiger partial charge in [0.05, 0.1) is 10.6 Å². The number of hydrogen-bond donors (Lipinski definition) is 3. The number of hydrogen-bond acceptors (Lipinski definition) is 7. The van der Waals surface area contributed by atoms with Crippen LogP contribution in [-0.2, 0) is 0 Å². The van der Waals surface area contributed by atoms with Crippen molar-refractivity contribution in [3.05, 3.63) is 51.3 Å². The lowest BCUT2D eigenvalue weighted by molar-refractivity contribution is 0.0383.